The van der Waals surface area contributed by atoms with Crippen LogP contribution in [0.2, 0.25) is 0 Å². The van der Waals surface area contributed by atoms with Crippen LogP contribution in [0.4, 0.5) is 20.2 Å². The van der Waals surface area contributed by atoms with Crippen LogP contribution in [0, 0.1) is 21.7 Å². The molecule has 0 unspecified atom stereocenters. The van der Waals surface area contributed by atoms with Gasteiger partial charge in [0.2, 0.25) is 5.82 Å². The molecule has 0 saturated carbocycles. The highest BCUT2D eigenvalue weighted by atomic mass is 19.1. The Labute approximate surface area is 98.3 Å². The first-order chi connectivity index (χ1) is 8.41. The lowest BCUT2D eigenvalue weighted by Gasteiger charge is -2.14. The second-order valence-electron chi connectivity index (χ2n) is 3.36. The van der Waals surface area contributed by atoms with E-state index in [1.165, 1.54) is 0 Å². The van der Waals surface area contributed by atoms with Crippen molar-refractivity contribution in [2.24, 2.45) is 0 Å². The summed E-state index contributed by atoms with van der Waals surface area (Å²) in [4.78, 5) is 32.4. The molecule has 1 aromatic carbocycles. The molecule has 0 aromatic heterocycles. The van der Waals surface area contributed by atoms with Crippen molar-refractivity contribution in [3.8, 4) is 0 Å². The normalized spacial score (nSPS) is 14.4. The van der Waals surface area contributed by atoms with Gasteiger partial charge in [-0.2, -0.15) is 4.39 Å². The molecule has 0 bridgehead atoms. The monoisotopic (exact) mass is 254 g/mol. The van der Waals surface area contributed by atoms with Gasteiger partial charge in [0.15, 0.2) is 5.82 Å². The van der Waals surface area contributed by atoms with Crippen LogP contribution in [0.3, 0.4) is 0 Å². The summed E-state index contributed by atoms with van der Waals surface area (Å²) in [5.41, 5.74) is -1.66. The molecule has 1 aromatic rings. The quantitative estimate of drug-likeness (QED) is 0.452. The highest BCUT2D eigenvalue weighted by Gasteiger charge is 2.30. The molecule has 92 valence electrons. The third kappa shape index (κ3) is 1.73. The van der Waals surface area contributed by atoms with E-state index in [9.17, 15) is 28.5 Å². The number of nitrogens with zero attached hydrogens (tertiary/aromatic N) is 2. The third-order valence-corrected chi connectivity index (χ3v) is 2.26. The van der Waals surface area contributed by atoms with E-state index < -0.39 is 39.7 Å². The van der Waals surface area contributed by atoms with Crippen molar-refractivity contribution in [2.45, 2.75) is 0 Å². The van der Waals surface area contributed by atoms with Crippen LogP contribution in [0.5, 0.6) is 0 Å². The number of hydrogen-bond donors (Lipinski definition) is 0. The van der Waals surface area contributed by atoms with Gasteiger partial charge in [-0.1, -0.05) is 0 Å². The maximum Gasteiger partial charge on any atom is 0.307 e. The van der Waals surface area contributed by atoms with Crippen molar-refractivity contribution >= 4 is 23.2 Å². The highest BCUT2D eigenvalue weighted by Crippen LogP contribution is 2.29. The molecule has 6 nitrogen and oxygen atoms in total. The minimum atomic E-state index is -1.38. The molecule has 18 heavy (non-hydrogen) atoms. The predicted octanol–water partition coefficient (Wildman–Crippen LogP) is 1.30. The first-order valence-corrected chi connectivity index (χ1v) is 4.61. The van der Waals surface area contributed by atoms with Gasteiger partial charge < -0.3 is 0 Å². The fourth-order valence-corrected chi connectivity index (χ4v) is 1.48. The molecule has 2 amide bonds. The Balaban J connectivity index is 2.58. The summed E-state index contributed by atoms with van der Waals surface area (Å²) in [6.45, 7) is 0. The number of rotatable bonds is 2. The van der Waals surface area contributed by atoms with Gasteiger partial charge in [-0.25, -0.2) is 9.29 Å². The lowest BCUT2D eigenvalue weighted by molar-refractivity contribution is -0.387. The maximum absolute atomic E-state index is 13.5. The molecule has 0 saturated heterocycles. The van der Waals surface area contributed by atoms with Crippen molar-refractivity contribution in [2.75, 3.05) is 4.90 Å². The predicted molar refractivity (Wildman–Crippen MR) is 54.6 cm³/mol. The minimum Gasteiger partial charge on any atom is -0.269 e. The van der Waals surface area contributed by atoms with Gasteiger partial charge in [-0.05, 0) is 0 Å². The fraction of sp³-hybridized carbons (Fsp3) is 0. The van der Waals surface area contributed by atoms with Crippen LogP contribution in [0.1, 0.15) is 0 Å². The average Bonchev–Trinajstić information content (AvgIpc) is 2.59. The lowest BCUT2D eigenvalue weighted by Crippen LogP contribution is -2.30. The Bertz CT molecular complexity index is 594. The zero-order chi connectivity index (χ0) is 13.4. The van der Waals surface area contributed by atoms with Crippen LogP contribution in [-0.2, 0) is 9.59 Å². The maximum atomic E-state index is 13.5. The van der Waals surface area contributed by atoms with Crippen molar-refractivity contribution in [1.82, 2.24) is 0 Å². The molecule has 8 heteroatoms. The van der Waals surface area contributed by atoms with Gasteiger partial charge in [0, 0.05) is 24.3 Å². The first-order valence-electron chi connectivity index (χ1n) is 4.61. The molecule has 1 aliphatic heterocycles. The van der Waals surface area contributed by atoms with E-state index in [2.05, 4.69) is 0 Å². The van der Waals surface area contributed by atoms with Crippen LogP contribution in [-0.4, -0.2) is 16.7 Å². The van der Waals surface area contributed by atoms with E-state index in [1.54, 1.807) is 0 Å². The Kier molecular flexibility index (Phi) is 2.62. The number of nitro groups is 1. The van der Waals surface area contributed by atoms with Crippen molar-refractivity contribution < 1.29 is 23.3 Å². The summed E-state index contributed by atoms with van der Waals surface area (Å²) in [5, 5.41) is 10.5. The number of carbonyl (C=O) groups is 2. The zero-order valence-electron chi connectivity index (χ0n) is 8.59. The van der Waals surface area contributed by atoms with Crippen molar-refractivity contribution in [3.05, 3.63) is 46.0 Å². The topological polar surface area (TPSA) is 80.5 Å². The lowest BCUT2D eigenvalue weighted by atomic mass is 10.2. The average molecular weight is 254 g/mol. The number of halogens is 2. The van der Waals surface area contributed by atoms with E-state index >= 15 is 0 Å². The molecule has 1 aliphatic rings. The van der Waals surface area contributed by atoms with E-state index in [0.717, 1.165) is 12.2 Å². The smallest absolute Gasteiger partial charge is 0.269 e. The van der Waals surface area contributed by atoms with E-state index in [-0.39, 0.29) is 6.07 Å². The largest absolute Gasteiger partial charge is 0.307 e. The Morgan fingerprint density at radius 1 is 1.06 bits per heavy atom. The Morgan fingerprint density at radius 3 is 2.11 bits per heavy atom. The van der Waals surface area contributed by atoms with Gasteiger partial charge in [-0.15, -0.1) is 0 Å². The van der Waals surface area contributed by atoms with Crippen LogP contribution in [0.15, 0.2) is 24.3 Å². The third-order valence-electron chi connectivity index (χ3n) is 2.26. The first kappa shape index (κ1) is 11.8. The Morgan fingerprint density at radius 2 is 1.61 bits per heavy atom. The van der Waals surface area contributed by atoms with Crippen molar-refractivity contribution in [3.63, 3.8) is 0 Å². The molecule has 0 atom stereocenters. The van der Waals surface area contributed by atoms with Gasteiger partial charge >= 0.3 is 5.69 Å². The molecular formula is C10H4F2N2O4. The van der Waals surface area contributed by atoms with Crippen LogP contribution < -0.4 is 4.90 Å². The second-order valence-corrected chi connectivity index (χ2v) is 3.36. The highest BCUT2D eigenvalue weighted by molar-refractivity contribution is 6.28. The van der Waals surface area contributed by atoms with Gasteiger partial charge in [0.25, 0.3) is 11.8 Å². The number of nitro benzene ring substituents is 1. The molecule has 1 heterocycles. The fourth-order valence-electron chi connectivity index (χ4n) is 1.48. The number of carbonyl (C=O) groups excluding carboxylic acids is 2. The molecular weight excluding hydrogens is 250 g/mol. The number of anilines is 1. The summed E-state index contributed by atoms with van der Waals surface area (Å²) >= 11 is 0. The number of imide groups is 1. The van der Waals surface area contributed by atoms with Crippen molar-refractivity contribution in [1.29, 1.82) is 0 Å². The molecule has 0 aliphatic carbocycles. The standard InChI is InChI=1S/C10H4F2N2O4/c11-5-3-6(12)8(14(17)18)4-7(5)13-9(15)1-2-10(13)16/h1-4H. The number of amides is 2. The summed E-state index contributed by atoms with van der Waals surface area (Å²) in [6, 6.07) is 0.764. The summed E-state index contributed by atoms with van der Waals surface area (Å²) in [5.74, 6) is -4.31. The van der Waals surface area contributed by atoms with E-state index in [1.807, 2.05) is 0 Å². The summed E-state index contributed by atoms with van der Waals surface area (Å²) in [7, 11) is 0. The number of benzene rings is 1. The second kappa shape index (κ2) is 3.99. The SMILES string of the molecule is O=C1C=CC(=O)N1c1cc([N+](=O)[O-])c(F)cc1F. The summed E-state index contributed by atoms with van der Waals surface area (Å²) < 4.78 is 26.5. The summed E-state index contributed by atoms with van der Waals surface area (Å²) in [6.07, 6.45) is 1.77. The minimum absolute atomic E-state index is 0.256. The molecule has 2 rings (SSSR count). The van der Waals surface area contributed by atoms with Crippen LogP contribution in [0.25, 0.3) is 0 Å². The molecule has 0 fully saturated rings. The van der Waals surface area contributed by atoms with Gasteiger partial charge in [-0.3, -0.25) is 19.7 Å². The Hall–Kier alpha value is -2.64. The molecule has 0 spiro atoms. The molecule has 0 radical (unpaired) electrons. The van der Waals surface area contributed by atoms with Gasteiger partial charge in [0.1, 0.15) is 0 Å². The zero-order valence-corrected chi connectivity index (χ0v) is 8.59. The van der Waals surface area contributed by atoms with E-state index in [4.69, 9.17) is 0 Å². The molecule has 0 N–H and O–H groups in total. The number of hydrogen-bond acceptors (Lipinski definition) is 4. The van der Waals surface area contributed by atoms with Crippen LogP contribution >= 0.6 is 0 Å². The van der Waals surface area contributed by atoms with Gasteiger partial charge in [0.05, 0.1) is 10.6 Å². The van der Waals surface area contributed by atoms with E-state index in [0.29, 0.717) is 11.0 Å².